The van der Waals surface area contributed by atoms with Crippen molar-refractivity contribution in [1.29, 1.82) is 0 Å². The Hall–Kier alpha value is -1.89. The Bertz CT molecular complexity index is 662. The van der Waals surface area contributed by atoms with Gasteiger partial charge in [0.15, 0.2) is 0 Å². The number of imidazole rings is 1. The third-order valence-electron chi connectivity index (χ3n) is 3.04. The number of aromatic nitrogens is 2. The van der Waals surface area contributed by atoms with Gasteiger partial charge in [-0.15, -0.1) is 0 Å². The van der Waals surface area contributed by atoms with E-state index in [4.69, 9.17) is 18.0 Å². The number of nitrogens with zero attached hydrogens (tertiary/aromatic N) is 2. The van der Waals surface area contributed by atoms with E-state index in [0.717, 1.165) is 24.4 Å². The Morgan fingerprint density at radius 3 is 2.67 bits per heavy atom. The molecule has 0 unspecified atom stereocenters. The molecule has 3 nitrogen and oxygen atoms in total. The van der Waals surface area contributed by atoms with Crippen molar-refractivity contribution in [2.45, 2.75) is 25.9 Å². The molecule has 0 bridgehead atoms. The minimum absolute atomic E-state index is 0.0766. The van der Waals surface area contributed by atoms with E-state index >= 15 is 0 Å². The van der Waals surface area contributed by atoms with Crippen LogP contribution in [0.3, 0.4) is 0 Å². The minimum atomic E-state index is -4.43. The molecule has 2 N–H and O–H groups in total. The number of thiocarbonyl (C=S) groups is 1. The standard InChI is InChI=1S/C14H14F3N3S/c1-2-3-12-19-6-7-20(12)11-5-4-9(14(15,16)17)8-10(11)13(18)21/h4-8H,2-3H2,1H3,(H2,18,21). The number of rotatable bonds is 4. The van der Waals surface area contributed by atoms with Crippen LogP contribution in [0.25, 0.3) is 5.69 Å². The molecule has 0 fully saturated rings. The van der Waals surface area contributed by atoms with Gasteiger partial charge in [0.05, 0.1) is 11.3 Å². The van der Waals surface area contributed by atoms with Crippen LogP contribution in [0.1, 0.15) is 30.3 Å². The summed E-state index contributed by atoms with van der Waals surface area (Å²) in [5, 5.41) is 0. The van der Waals surface area contributed by atoms with Gasteiger partial charge in [0.2, 0.25) is 0 Å². The quantitative estimate of drug-likeness (QED) is 0.879. The van der Waals surface area contributed by atoms with Crippen LogP contribution in [0.2, 0.25) is 0 Å². The Labute approximate surface area is 125 Å². The number of halogens is 3. The molecule has 0 radical (unpaired) electrons. The molecular weight excluding hydrogens is 299 g/mol. The highest BCUT2D eigenvalue weighted by molar-refractivity contribution is 7.80. The SMILES string of the molecule is CCCc1nccn1-c1ccc(C(F)(F)F)cc1C(N)=S. The number of hydrogen-bond donors (Lipinski definition) is 1. The summed E-state index contributed by atoms with van der Waals surface area (Å²) in [7, 11) is 0. The van der Waals surface area contributed by atoms with Crippen molar-refractivity contribution in [1.82, 2.24) is 9.55 Å². The average Bonchev–Trinajstić information content (AvgIpc) is 2.85. The van der Waals surface area contributed by atoms with Gasteiger partial charge in [0, 0.05) is 24.4 Å². The topological polar surface area (TPSA) is 43.8 Å². The van der Waals surface area contributed by atoms with Crippen molar-refractivity contribution in [2.75, 3.05) is 0 Å². The molecule has 1 heterocycles. The summed E-state index contributed by atoms with van der Waals surface area (Å²) in [6.45, 7) is 2.00. The van der Waals surface area contributed by atoms with Crippen molar-refractivity contribution in [2.24, 2.45) is 5.73 Å². The van der Waals surface area contributed by atoms with E-state index < -0.39 is 11.7 Å². The molecule has 0 saturated carbocycles. The van der Waals surface area contributed by atoms with E-state index in [1.807, 2.05) is 6.92 Å². The van der Waals surface area contributed by atoms with E-state index in [1.165, 1.54) is 6.07 Å². The van der Waals surface area contributed by atoms with Gasteiger partial charge in [-0.05, 0) is 24.6 Å². The van der Waals surface area contributed by atoms with Crippen molar-refractivity contribution in [3.05, 3.63) is 47.5 Å². The summed E-state index contributed by atoms with van der Waals surface area (Å²) in [5.41, 5.74) is 5.52. The van der Waals surface area contributed by atoms with Crippen LogP contribution in [0.15, 0.2) is 30.6 Å². The molecule has 0 aliphatic rings. The first kappa shape index (κ1) is 15.5. The van der Waals surface area contributed by atoms with Gasteiger partial charge in [-0.2, -0.15) is 13.2 Å². The number of benzene rings is 1. The van der Waals surface area contributed by atoms with Crippen molar-refractivity contribution in [3.8, 4) is 5.69 Å². The van der Waals surface area contributed by atoms with Crippen LogP contribution < -0.4 is 5.73 Å². The lowest BCUT2D eigenvalue weighted by atomic mass is 10.1. The first-order chi connectivity index (χ1) is 9.84. The van der Waals surface area contributed by atoms with Gasteiger partial charge in [-0.1, -0.05) is 19.1 Å². The van der Waals surface area contributed by atoms with Crippen LogP contribution >= 0.6 is 12.2 Å². The van der Waals surface area contributed by atoms with Crippen LogP contribution in [0, 0.1) is 0 Å². The molecular formula is C14H14F3N3S. The molecule has 112 valence electrons. The fourth-order valence-electron chi connectivity index (χ4n) is 2.08. The molecule has 0 aliphatic heterocycles. The van der Waals surface area contributed by atoms with Gasteiger partial charge >= 0.3 is 6.18 Å². The minimum Gasteiger partial charge on any atom is -0.389 e. The highest BCUT2D eigenvalue weighted by Crippen LogP contribution is 2.31. The summed E-state index contributed by atoms with van der Waals surface area (Å²) in [6, 6.07) is 3.37. The van der Waals surface area contributed by atoms with Crippen molar-refractivity contribution >= 4 is 17.2 Å². The van der Waals surface area contributed by atoms with Gasteiger partial charge in [0.25, 0.3) is 0 Å². The Balaban J connectivity index is 2.58. The number of hydrogen-bond acceptors (Lipinski definition) is 2. The van der Waals surface area contributed by atoms with E-state index in [2.05, 4.69) is 4.98 Å². The van der Waals surface area contributed by atoms with Gasteiger partial charge < -0.3 is 10.3 Å². The molecule has 1 aromatic heterocycles. The molecule has 0 saturated heterocycles. The Kier molecular flexibility index (Phi) is 4.32. The van der Waals surface area contributed by atoms with Crippen molar-refractivity contribution in [3.63, 3.8) is 0 Å². The first-order valence-electron chi connectivity index (χ1n) is 6.38. The second-order valence-electron chi connectivity index (χ2n) is 4.56. The highest BCUT2D eigenvalue weighted by atomic mass is 32.1. The summed E-state index contributed by atoms with van der Waals surface area (Å²) in [5.74, 6) is 0.759. The fourth-order valence-corrected chi connectivity index (χ4v) is 2.25. The summed E-state index contributed by atoms with van der Waals surface area (Å²) >= 11 is 4.89. The molecule has 7 heteroatoms. The van der Waals surface area contributed by atoms with Crippen LogP contribution in [-0.2, 0) is 12.6 Å². The third-order valence-corrected chi connectivity index (χ3v) is 3.26. The number of alkyl halides is 3. The van der Waals surface area contributed by atoms with E-state index in [1.54, 1.807) is 17.0 Å². The maximum Gasteiger partial charge on any atom is 0.416 e. The number of aryl methyl sites for hydroxylation is 1. The largest absolute Gasteiger partial charge is 0.416 e. The zero-order valence-electron chi connectivity index (χ0n) is 11.3. The highest BCUT2D eigenvalue weighted by Gasteiger charge is 2.31. The predicted molar refractivity (Wildman–Crippen MR) is 78.4 cm³/mol. The van der Waals surface area contributed by atoms with Gasteiger partial charge in [-0.3, -0.25) is 0 Å². The molecule has 0 atom stereocenters. The van der Waals surface area contributed by atoms with E-state index in [0.29, 0.717) is 12.1 Å². The van der Waals surface area contributed by atoms with Crippen LogP contribution in [0.4, 0.5) is 13.2 Å². The third kappa shape index (κ3) is 3.24. The summed E-state index contributed by atoms with van der Waals surface area (Å²) in [6.07, 6.45) is 0.450. The second-order valence-corrected chi connectivity index (χ2v) is 5.00. The normalized spacial score (nSPS) is 11.6. The van der Waals surface area contributed by atoms with Crippen molar-refractivity contribution < 1.29 is 13.2 Å². The zero-order chi connectivity index (χ0) is 15.6. The monoisotopic (exact) mass is 313 g/mol. The lowest BCUT2D eigenvalue weighted by Crippen LogP contribution is -2.16. The molecule has 2 aromatic rings. The van der Waals surface area contributed by atoms with Gasteiger partial charge in [-0.25, -0.2) is 4.98 Å². The Morgan fingerprint density at radius 2 is 2.10 bits per heavy atom. The van der Waals surface area contributed by atoms with Crippen LogP contribution in [0.5, 0.6) is 0 Å². The maximum atomic E-state index is 12.8. The average molecular weight is 313 g/mol. The zero-order valence-corrected chi connectivity index (χ0v) is 12.1. The number of nitrogens with two attached hydrogens (primary N) is 1. The molecule has 0 amide bonds. The Morgan fingerprint density at radius 1 is 1.38 bits per heavy atom. The van der Waals surface area contributed by atoms with E-state index in [-0.39, 0.29) is 10.6 Å². The fraction of sp³-hybridized carbons (Fsp3) is 0.286. The summed E-state index contributed by atoms with van der Waals surface area (Å²) in [4.78, 5) is 4.13. The first-order valence-corrected chi connectivity index (χ1v) is 6.79. The molecule has 21 heavy (non-hydrogen) atoms. The lowest BCUT2D eigenvalue weighted by molar-refractivity contribution is -0.137. The molecule has 0 spiro atoms. The second kappa shape index (κ2) is 5.85. The predicted octanol–water partition coefficient (Wildman–Crippen LogP) is 3.48. The lowest BCUT2D eigenvalue weighted by Gasteiger charge is -2.15. The molecule has 2 rings (SSSR count). The van der Waals surface area contributed by atoms with E-state index in [9.17, 15) is 13.2 Å². The summed E-state index contributed by atoms with van der Waals surface area (Å²) < 4.78 is 40.1. The van der Waals surface area contributed by atoms with Gasteiger partial charge in [0.1, 0.15) is 10.8 Å². The maximum absolute atomic E-state index is 12.8. The smallest absolute Gasteiger partial charge is 0.389 e. The molecule has 1 aromatic carbocycles. The molecule has 0 aliphatic carbocycles. The van der Waals surface area contributed by atoms with Crippen LogP contribution in [-0.4, -0.2) is 14.5 Å².